The van der Waals surface area contributed by atoms with E-state index in [0.717, 1.165) is 11.4 Å². The fraction of sp³-hybridized carbons (Fsp3) is 0.389. The van der Waals surface area contributed by atoms with Crippen molar-refractivity contribution in [3.8, 4) is 5.69 Å². The Bertz CT molecular complexity index is 695. The average Bonchev–Trinajstić information content (AvgIpc) is 3.05. The highest BCUT2D eigenvalue weighted by Gasteiger charge is 2.20. The molecule has 0 N–H and O–H groups in total. The van der Waals surface area contributed by atoms with E-state index in [0.29, 0.717) is 31.4 Å². The molecule has 1 aromatic heterocycles. The number of carbonyl (C=O) groups excluding carboxylic acids is 2. The molecule has 0 aliphatic carbocycles. The van der Waals surface area contributed by atoms with Crippen molar-refractivity contribution < 1.29 is 14.3 Å². The molecule has 0 spiro atoms. The van der Waals surface area contributed by atoms with E-state index in [9.17, 15) is 9.59 Å². The molecular formula is C18H23N3O3. The minimum atomic E-state index is -0.262. The number of benzene rings is 1. The summed E-state index contributed by atoms with van der Waals surface area (Å²) in [5, 5.41) is 4.38. The molecule has 0 saturated heterocycles. The summed E-state index contributed by atoms with van der Waals surface area (Å²) < 4.78 is 6.41. The van der Waals surface area contributed by atoms with Gasteiger partial charge in [-0.05, 0) is 25.0 Å². The molecule has 0 saturated carbocycles. The Morgan fingerprint density at radius 1 is 1.25 bits per heavy atom. The maximum Gasteiger partial charge on any atom is 0.305 e. The molecule has 0 aliphatic rings. The van der Waals surface area contributed by atoms with E-state index in [1.165, 1.54) is 7.11 Å². The number of ether oxygens (including phenoxy) is 1. The zero-order chi connectivity index (χ0) is 17.5. The highest BCUT2D eigenvalue weighted by Crippen LogP contribution is 2.17. The summed E-state index contributed by atoms with van der Waals surface area (Å²) in [4.78, 5) is 25.4. The second-order valence-corrected chi connectivity index (χ2v) is 5.51. The van der Waals surface area contributed by atoms with Gasteiger partial charge in [0.05, 0.1) is 30.3 Å². The molecular weight excluding hydrogens is 306 g/mol. The Balaban J connectivity index is 2.12. The smallest absolute Gasteiger partial charge is 0.305 e. The number of methoxy groups -OCH3 is 1. The SMILES string of the molecule is CCc1c(C(=O)N(C)CCCC(=O)OC)cnn1-c1ccccc1. The van der Waals surface area contributed by atoms with Crippen LogP contribution in [0.4, 0.5) is 0 Å². The van der Waals surface area contributed by atoms with Crippen LogP contribution in [0.1, 0.15) is 35.8 Å². The number of amides is 1. The Hall–Kier alpha value is -2.63. The average molecular weight is 329 g/mol. The molecule has 2 rings (SSSR count). The molecule has 0 fully saturated rings. The van der Waals surface area contributed by atoms with Crippen LogP contribution in [0.5, 0.6) is 0 Å². The van der Waals surface area contributed by atoms with Gasteiger partial charge in [0.15, 0.2) is 0 Å². The molecule has 1 amide bonds. The fourth-order valence-electron chi connectivity index (χ4n) is 2.55. The third kappa shape index (κ3) is 4.01. The maximum atomic E-state index is 12.7. The Morgan fingerprint density at radius 2 is 1.96 bits per heavy atom. The van der Waals surface area contributed by atoms with Crippen molar-refractivity contribution in [2.45, 2.75) is 26.2 Å². The van der Waals surface area contributed by atoms with Gasteiger partial charge in [0, 0.05) is 20.0 Å². The maximum absolute atomic E-state index is 12.7. The van der Waals surface area contributed by atoms with Gasteiger partial charge < -0.3 is 9.64 Å². The number of para-hydroxylation sites is 1. The van der Waals surface area contributed by atoms with Crippen LogP contribution in [0, 0.1) is 0 Å². The van der Waals surface area contributed by atoms with Crippen molar-refractivity contribution in [1.82, 2.24) is 14.7 Å². The van der Waals surface area contributed by atoms with E-state index in [2.05, 4.69) is 9.84 Å². The second-order valence-electron chi connectivity index (χ2n) is 5.51. The first-order valence-electron chi connectivity index (χ1n) is 8.03. The molecule has 0 radical (unpaired) electrons. The summed E-state index contributed by atoms with van der Waals surface area (Å²) in [7, 11) is 3.10. The van der Waals surface area contributed by atoms with Gasteiger partial charge in [-0.3, -0.25) is 9.59 Å². The molecule has 0 unspecified atom stereocenters. The van der Waals surface area contributed by atoms with Crippen LogP contribution in [-0.2, 0) is 16.0 Å². The number of hydrogen-bond donors (Lipinski definition) is 0. The molecule has 6 nitrogen and oxygen atoms in total. The van der Waals surface area contributed by atoms with Crippen LogP contribution >= 0.6 is 0 Å². The highest BCUT2D eigenvalue weighted by molar-refractivity contribution is 5.95. The van der Waals surface area contributed by atoms with E-state index in [1.807, 2.05) is 37.3 Å². The zero-order valence-corrected chi connectivity index (χ0v) is 14.4. The first-order chi connectivity index (χ1) is 11.6. The number of aromatic nitrogens is 2. The Kier molecular flexibility index (Phi) is 6.12. The monoisotopic (exact) mass is 329 g/mol. The van der Waals surface area contributed by atoms with E-state index >= 15 is 0 Å². The van der Waals surface area contributed by atoms with E-state index in [4.69, 9.17) is 0 Å². The van der Waals surface area contributed by atoms with Crippen molar-refractivity contribution in [2.75, 3.05) is 20.7 Å². The molecule has 1 heterocycles. The summed E-state index contributed by atoms with van der Waals surface area (Å²) in [6.45, 7) is 2.50. The Labute approximate surface area is 142 Å². The van der Waals surface area contributed by atoms with Crippen LogP contribution < -0.4 is 0 Å². The predicted molar refractivity (Wildman–Crippen MR) is 91.2 cm³/mol. The summed E-state index contributed by atoms with van der Waals surface area (Å²) >= 11 is 0. The van der Waals surface area contributed by atoms with Gasteiger partial charge in [-0.1, -0.05) is 25.1 Å². The van der Waals surface area contributed by atoms with Crippen LogP contribution in [0.3, 0.4) is 0 Å². The van der Waals surface area contributed by atoms with Crippen LogP contribution in [-0.4, -0.2) is 47.3 Å². The molecule has 0 atom stereocenters. The van der Waals surface area contributed by atoms with Gasteiger partial charge in [0.25, 0.3) is 5.91 Å². The third-order valence-electron chi connectivity index (χ3n) is 3.88. The quantitative estimate of drug-likeness (QED) is 0.732. The van der Waals surface area contributed by atoms with Gasteiger partial charge in [-0.2, -0.15) is 5.10 Å². The van der Waals surface area contributed by atoms with E-state index in [-0.39, 0.29) is 11.9 Å². The molecule has 0 aliphatic heterocycles. The van der Waals surface area contributed by atoms with Crippen molar-refractivity contribution in [1.29, 1.82) is 0 Å². The van der Waals surface area contributed by atoms with Crippen LogP contribution in [0.2, 0.25) is 0 Å². The summed E-state index contributed by atoms with van der Waals surface area (Å²) in [5.74, 6) is -0.346. The molecule has 0 bridgehead atoms. The first-order valence-corrected chi connectivity index (χ1v) is 8.03. The molecule has 24 heavy (non-hydrogen) atoms. The standard InChI is InChI=1S/C18H23N3O3/c1-4-16-15(13-19-21(16)14-9-6-5-7-10-14)18(23)20(2)12-8-11-17(22)24-3/h5-7,9-10,13H,4,8,11-12H2,1-3H3. The highest BCUT2D eigenvalue weighted by atomic mass is 16.5. The molecule has 6 heteroatoms. The molecule has 2 aromatic rings. The van der Waals surface area contributed by atoms with Gasteiger partial charge in [-0.25, -0.2) is 4.68 Å². The van der Waals surface area contributed by atoms with E-state index < -0.39 is 0 Å². The lowest BCUT2D eigenvalue weighted by atomic mass is 10.1. The number of nitrogens with zero attached hydrogens (tertiary/aromatic N) is 3. The lowest BCUT2D eigenvalue weighted by molar-refractivity contribution is -0.140. The normalized spacial score (nSPS) is 10.5. The topological polar surface area (TPSA) is 64.4 Å². The fourth-order valence-corrected chi connectivity index (χ4v) is 2.55. The van der Waals surface area contributed by atoms with Gasteiger partial charge in [-0.15, -0.1) is 0 Å². The number of rotatable bonds is 7. The first kappa shape index (κ1) is 17.7. The van der Waals surface area contributed by atoms with Gasteiger partial charge in [0.1, 0.15) is 0 Å². The molecule has 128 valence electrons. The third-order valence-corrected chi connectivity index (χ3v) is 3.88. The summed E-state index contributed by atoms with van der Waals surface area (Å²) in [5.41, 5.74) is 2.41. The van der Waals surface area contributed by atoms with Crippen molar-refractivity contribution in [2.24, 2.45) is 0 Å². The van der Waals surface area contributed by atoms with Crippen LogP contribution in [0.25, 0.3) is 5.69 Å². The minimum absolute atomic E-state index is 0.0844. The lowest BCUT2D eigenvalue weighted by Gasteiger charge is -2.17. The summed E-state index contributed by atoms with van der Waals surface area (Å²) in [6, 6.07) is 9.74. The predicted octanol–water partition coefficient (Wildman–Crippen LogP) is 2.46. The summed E-state index contributed by atoms with van der Waals surface area (Å²) in [6.07, 6.45) is 3.19. The van der Waals surface area contributed by atoms with Crippen molar-refractivity contribution in [3.05, 3.63) is 47.8 Å². The van der Waals surface area contributed by atoms with E-state index in [1.54, 1.807) is 22.8 Å². The second kappa shape index (κ2) is 8.29. The lowest BCUT2D eigenvalue weighted by Crippen LogP contribution is -2.28. The zero-order valence-electron chi connectivity index (χ0n) is 14.4. The van der Waals surface area contributed by atoms with Gasteiger partial charge in [0.2, 0.25) is 0 Å². The Morgan fingerprint density at radius 3 is 2.58 bits per heavy atom. The molecule has 1 aromatic carbocycles. The number of esters is 1. The largest absolute Gasteiger partial charge is 0.469 e. The number of hydrogen-bond acceptors (Lipinski definition) is 4. The van der Waals surface area contributed by atoms with Gasteiger partial charge >= 0.3 is 5.97 Å². The van der Waals surface area contributed by atoms with Crippen molar-refractivity contribution >= 4 is 11.9 Å². The van der Waals surface area contributed by atoms with Crippen molar-refractivity contribution in [3.63, 3.8) is 0 Å². The number of carbonyl (C=O) groups is 2. The minimum Gasteiger partial charge on any atom is -0.469 e. The van der Waals surface area contributed by atoms with Crippen LogP contribution in [0.15, 0.2) is 36.5 Å².